The Labute approximate surface area is 96.5 Å². The molecule has 0 fully saturated rings. The Hall–Kier alpha value is -1.75. The molecular formula is C10H8ClFN4. The summed E-state index contributed by atoms with van der Waals surface area (Å²) in [6.07, 6.45) is 1.33. The summed E-state index contributed by atoms with van der Waals surface area (Å²) in [5.74, 6) is 0.103. The Bertz CT molecular complexity index is 518. The molecule has 1 aromatic carbocycles. The lowest BCUT2D eigenvalue weighted by molar-refractivity contribution is 0.628. The number of hydrogen-bond acceptors (Lipinski definition) is 4. The fraction of sp³-hybridized carbons (Fsp3) is 0.100. The minimum atomic E-state index is -0.465. The molecule has 0 saturated carbocycles. The molecular weight excluding hydrogens is 231 g/mol. The van der Waals surface area contributed by atoms with Crippen molar-refractivity contribution in [2.45, 2.75) is 0 Å². The van der Waals surface area contributed by atoms with E-state index in [2.05, 4.69) is 20.5 Å². The van der Waals surface area contributed by atoms with Gasteiger partial charge in [0.1, 0.15) is 17.8 Å². The van der Waals surface area contributed by atoms with Gasteiger partial charge in [-0.05, 0) is 18.2 Å². The van der Waals surface area contributed by atoms with Crippen LogP contribution in [0.4, 0.5) is 10.2 Å². The third kappa shape index (κ3) is 1.94. The van der Waals surface area contributed by atoms with Gasteiger partial charge in [-0.25, -0.2) is 9.37 Å². The molecule has 0 saturated heterocycles. The van der Waals surface area contributed by atoms with Crippen molar-refractivity contribution in [2.75, 3.05) is 12.4 Å². The van der Waals surface area contributed by atoms with Crippen molar-refractivity contribution in [3.8, 4) is 11.3 Å². The molecule has 4 nitrogen and oxygen atoms in total. The number of halogens is 2. The molecule has 1 heterocycles. The molecule has 1 N–H and O–H groups in total. The Morgan fingerprint density at radius 1 is 1.38 bits per heavy atom. The second-order valence-corrected chi connectivity index (χ2v) is 3.44. The van der Waals surface area contributed by atoms with Crippen LogP contribution in [0.1, 0.15) is 0 Å². The molecule has 0 spiro atoms. The average molecular weight is 239 g/mol. The smallest absolute Gasteiger partial charge is 0.156 e. The van der Waals surface area contributed by atoms with E-state index in [-0.39, 0.29) is 5.02 Å². The summed E-state index contributed by atoms with van der Waals surface area (Å²) in [6.45, 7) is 0. The summed E-state index contributed by atoms with van der Waals surface area (Å²) in [6, 6.07) is 4.35. The Kier molecular flexibility index (Phi) is 2.96. The van der Waals surface area contributed by atoms with Crippen LogP contribution in [0.15, 0.2) is 24.5 Å². The van der Waals surface area contributed by atoms with Gasteiger partial charge in [-0.3, -0.25) is 0 Å². The standard InChI is InChI=1S/C10H8ClFN4/c1-13-10-9(16-15-5-14-10)6-2-3-8(12)7(11)4-6/h2-5H,1H3,(H,13,14,15). The van der Waals surface area contributed by atoms with Gasteiger partial charge in [0.25, 0.3) is 0 Å². The van der Waals surface area contributed by atoms with Crippen LogP contribution in [0.3, 0.4) is 0 Å². The SMILES string of the molecule is CNc1ncnnc1-c1ccc(F)c(Cl)c1. The molecule has 0 aliphatic rings. The normalized spacial score (nSPS) is 10.2. The van der Waals surface area contributed by atoms with Crippen molar-refractivity contribution < 1.29 is 4.39 Å². The Morgan fingerprint density at radius 3 is 2.88 bits per heavy atom. The highest BCUT2D eigenvalue weighted by Crippen LogP contribution is 2.26. The van der Waals surface area contributed by atoms with Crippen LogP contribution in [0.2, 0.25) is 5.02 Å². The van der Waals surface area contributed by atoms with Crippen molar-refractivity contribution in [3.05, 3.63) is 35.4 Å². The average Bonchev–Trinajstić information content (AvgIpc) is 2.32. The van der Waals surface area contributed by atoms with Gasteiger partial charge < -0.3 is 5.32 Å². The first-order valence-electron chi connectivity index (χ1n) is 4.53. The number of hydrogen-bond donors (Lipinski definition) is 1. The van der Waals surface area contributed by atoms with Crippen LogP contribution in [-0.4, -0.2) is 22.2 Å². The number of nitrogens with one attached hydrogen (secondary N) is 1. The maximum absolute atomic E-state index is 13.0. The molecule has 0 aliphatic carbocycles. The second-order valence-electron chi connectivity index (χ2n) is 3.04. The highest BCUT2D eigenvalue weighted by molar-refractivity contribution is 6.31. The molecule has 82 valence electrons. The topological polar surface area (TPSA) is 50.7 Å². The summed E-state index contributed by atoms with van der Waals surface area (Å²) in [5.41, 5.74) is 1.20. The fourth-order valence-electron chi connectivity index (χ4n) is 1.30. The molecule has 2 aromatic rings. The zero-order valence-corrected chi connectivity index (χ0v) is 9.16. The number of anilines is 1. The first kappa shape index (κ1) is 10.8. The second kappa shape index (κ2) is 4.40. The van der Waals surface area contributed by atoms with E-state index in [0.717, 1.165) is 0 Å². The number of rotatable bonds is 2. The number of aromatic nitrogens is 3. The molecule has 0 amide bonds. The van der Waals surface area contributed by atoms with E-state index in [1.165, 1.54) is 18.5 Å². The molecule has 2 rings (SSSR count). The van der Waals surface area contributed by atoms with Gasteiger partial charge in [-0.2, -0.15) is 0 Å². The van der Waals surface area contributed by atoms with Crippen molar-refractivity contribution in [3.63, 3.8) is 0 Å². The van der Waals surface area contributed by atoms with Crippen LogP contribution in [-0.2, 0) is 0 Å². The molecule has 16 heavy (non-hydrogen) atoms. The molecule has 0 atom stereocenters. The van der Waals surface area contributed by atoms with Crippen LogP contribution >= 0.6 is 11.6 Å². The molecule has 1 aromatic heterocycles. The quantitative estimate of drug-likeness (QED) is 0.873. The van der Waals surface area contributed by atoms with Crippen molar-refractivity contribution in [1.82, 2.24) is 15.2 Å². The first-order valence-corrected chi connectivity index (χ1v) is 4.91. The third-order valence-electron chi connectivity index (χ3n) is 2.05. The van der Waals surface area contributed by atoms with Gasteiger partial charge in [0.2, 0.25) is 0 Å². The molecule has 0 radical (unpaired) electrons. The highest BCUT2D eigenvalue weighted by Gasteiger charge is 2.09. The Morgan fingerprint density at radius 2 is 2.19 bits per heavy atom. The largest absolute Gasteiger partial charge is 0.371 e. The van der Waals surface area contributed by atoms with Crippen molar-refractivity contribution >= 4 is 17.4 Å². The van der Waals surface area contributed by atoms with E-state index in [9.17, 15) is 4.39 Å². The Balaban J connectivity index is 2.54. The number of nitrogens with zero attached hydrogens (tertiary/aromatic N) is 3. The predicted octanol–water partition coefficient (Wildman–Crippen LogP) is 2.37. The zero-order valence-electron chi connectivity index (χ0n) is 8.41. The summed E-state index contributed by atoms with van der Waals surface area (Å²) >= 11 is 5.70. The van der Waals surface area contributed by atoms with E-state index >= 15 is 0 Å². The van der Waals surface area contributed by atoms with Crippen LogP contribution in [0.5, 0.6) is 0 Å². The lowest BCUT2D eigenvalue weighted by Crippen LogP contribution is -1.99. The maximum atomic E-state index is 13.0. The highest BCUT2D eigenvalue weighted by atomic mass is 35.5. The van der Waals surface area contributed by atoms with E-state index in [1.807, 2.05) is 0 Å². The van der Waals surface area contributed by atoms with Gasteiger partial charge in [-0.1, -0.05) is 11.6 Å². The molecule has 0 unspecified atom stereocenters. The van der Waals surface area contributed by atoms with Crippen LogP contribution in [0, 0.1) is 5.82 Å². The summed E-state index contributed by atoms with van der Waals surface area (Å²) < 4.78 is 13.0. The summed E-state index contributed by atoms with van der Waals surface area (Å²) in [7, 11) is 1.72. The zero-order chi connectivity index (χ0) is 11.5. The van der Waals surface area contributed by atoms with Gasteiger partial charge in [-0.15, -0.1) is 10.2 Å². The van der Waals surface area contributed by atoms with Crippen molar-refractivity contribution in [2.24, 2.45) is 0 Å². The number of benzene rings is 1. The van der Waals surface area contributed by atoms with Crippen molar-refractivity contribution in [1.29, 1.82) is 0 Å². The molecule has 0 bridgehead atoms. The predicted molar refractivity (Wildman–Crippen MR) is 59.8 cm³/mol. The van der Waals surface area contributed by atoms with Crippen LogP contribution < -0.4 is 5.32 Å². The van der Waals surface area contributed by atoms with Gasteiger partial charge in [0.15, 0.2) is 5.82 Å². The van der Waals surface area contributed by atoms with Gasteiger partial charge in [0.05, 0.1) is 5.02 Å². The minimum Gasteiger partial charge on any atom is -0.371 e. The molecule has 6 heteroatoms. The van der Waals surface area contributed by atoms with E-state index in [4.69, 9.17) is 11.6 Å². The minimum absolute atomic E-state index is 0.0465. The monoisotopic (exact) mass is 238 g/mol. The fourth-order valence-corrected chi connectivity index (χ4v) is 1.48. The van der Waals surface area contributed by atoms with Crippen LogP contribution in [0.25, 0.3) is 11.3 Å². The van der Waals surface area contributed by atoms with E-state index < -0.39 is 5.82 Å². The van der Waals surface area contributed by atoms with Gasteiger partial charge >= 0.3 is 0 Å². The first-order chi connectivity index (χ1) is 7.72. The van der Waals surface area contributed by atoms with E-state index in [0.29, 0.717) is 17.1 Å². The maximum Gasteiger partial charge on any atom is 0.156 e. The third-order valence-corrected chi connectivity index (χ3v) is 2.34. The van der Waals surface area contributed by atoms with Gasteiger partial charge in [0, 0.05) is 12.6 Å². The molecule has 0 aliphatic heterocycles. The summed E-state index contributed by atoms with van der Waals surface area (Å²) in [5, 5.41) is 10.5. The lowest BCUT2D eigenvalue weighted by atomic mass is 10.1. The van der Waals surface area contributed by atoms with E-state index in [1.54, 1.807) is 13.1 Å². The lowest BCUT2D eigenvalue weighted by Gasteiger charge is -2.05. The summed E-state index contributed by atoms with van der Waals surface area (Å²) in [4.78, 5) is 4.00.